The first-order valence-electron chi connectivity index (χ1n) is 8.47. The largest absolute Gasteiger partial charge is 0.480 e. The highest BCUT2D eigenvalue weighted by Gasteiger charge is 2.19. The number of carbonyl (C=O) groups is 4. The first kappa shape index (κ1) is 22.6. The van der Waals surface area contributed by atoms with Crippen LogP contribution in [0, 0.1) is 0 Å². The van der Waals surface area contributed by atoms with Gasteiger partial charge in [-0.25, -0.2) is 9.59 Å². The molecule has 1 aromatic rings. The third-order valence-corrected chi connectivity index (χ3v) is 4.73. The highest BCUT2D eigenvalue weighted by molar-refractivity contribution is 7.99. The summed E-state index contributed by atoms with van der Waals surface area (Å²) in [5.74, 6) is -2.66. The lowest BCUT2D eigenvalue weighted by Crippen LogP contribution is -2.41. The normalized spacial score (nSPS) is 12.8. The number of aromatic nitrogens is 1. The zero-order valence-corrected chi connectivity index (χ0v) is 16.1. The number of nitrogens with one attached hydrogen (secondary N) is 2. The fourth-order valence-corrected chi connectivity index (χ4v) is 3.34. The summed E-state index contributed by atoms with van der Waals surface area (Å²) < 4.78 is 1.94. The van der Waals surface area contributed by atoms with Crippen molar-refractivity contribution in [2.75, 3.05) is 5.75 Å². The van der Waals surface area contributed by atoms with Crippen LogP contribution in [0.5, 0.6) is 0 Å². The van der Waals surface area contributed by atoms with Crippen molar-refractivity contribution in [3.8, 4) is 0 Å². The second-order valence-electron chi connectivity index (χ2n) is 6.07. The van der Waals surface area contributed by atoms with Crippen molar-refractivity contribution in [3.63, 3.8) is 0 Å². The average Bonchev–Trinajstić information content (AvgIpc) is 3.01. The van der Waals surface area contributed by atoms with Crippen LogP contribution in [0.3, 0.4) is 0 Å². The van der Waals surface area contributed by atoms with Crippen LogP contribution in [-0.2, 0) is 25.7 Å². The Morgan fingerprint density at radius 3 is 2.19 bits per heavy atom. The lowest BCUT2D eigenvalue weighted by Gasteiger charge is -2.13. The molecule has 0 spiro atoms. The van der Waals surface area contributed by atoms with Gasteiger partial charge in [0.1, 0.15) is 12.1 Å². The molecular formula is C17H25N3O6S. The standard InChI is InChI=1S/C17H25N3O6S/c1-11(21)18-14(16(23)24)5-3-4-7-20-8-6-13(9-20)27-10-15(17(25)26)19-12(2)22/h6,8-9,14-15H,3-5,7,10H2,1-2H3,(H,18,21)(H,19,22)(H,23,24)(H,25,26). The fourth-order valence-electron chi connectivity index (χ4n) is 2.39. The molecule has 2 unspecified atom stereocenters. The lowest BCUT2D eigenvalue weighted by atomic mass is 10.1. The molecule has 0 bridgehead atoms. The smallest absolute Gasteiger partial charge is 0.327 e. The van der Waals surface area contributed by atoms with Gasteiger partial charge in [-0.05, 0) is 25.3 Å². The number of unbranched alkanes of at least 4 members (excludes halogenated alkanes) is 1. The van der Waals surface area contributed by atoms with Crippen LogP contribution < -0.4 is 10.6 Å². The Balaban J connectivity index is 2.39. The minimum absolute atomic E-state index is 0.218. The van der Waals surface area contributed by atoms with E-state index < -0.39 is 24.0 Å². The number of amides is 2. The number of rotatable bonds is 12. The number of carbonyl (C=O) groups excluding carboxylic acids is 2. The molecule has 4 N–H and O–H groups in total. The topological polar surface area (TPSA) is 138 Å². The van der Waals surface area contributed by atoms with Crippen LogP contribution in [-0.4, -0.2) is 56.4 Å². The second kappa shape index (κ2) is 11.3. The first-order chi connectivity index (χ1) is 12.7. The second-order valence-corrected chi connectivity index (χ2v) is 7.17. The van der Waals surface area contributed by atoms with E-state index in [0.717, 1.165) is 11.3 Å². The quantitative estimate of drug-likeness (QED) is 0.303. The summed E-state index contributed by atoms with van der Waals surface area (Å²) in [6.45, 7) is 3.24. The molecule has 0 aliphatic carbocycles. The van der Waals surface area contributed by atoms with E-state index in [2.05, 4.69) is 10.6 Å². The van der Waals surface area contributed by atoms with E-state index in [1.165, 1.54) is 25.6 Å². The minimum atomic E-state index is -1.08. The number of carboxylic acids is 2. The van der Waals surface area contributed by atoms with Gasteiger partial charge in [-0.1, -0.05) is 0 Å². The molecule has 0 saturated carbocycles. The molecule has 0 radical (unpaired) electrons. The number of hydrogen-bond donors (Lipinski definition) is 4. The van der Waals surface area contributed by atoms with Crippen LogP contribution >= 0.6 is 11.8 Å². The first-order valence-corrected chi connectivity index (χ1v) is 9.46. The molecule has 27 heavy (non-hydrogen) atoms. The van der Waals surface area contributed by atoms with Gasteiger partial charge in [0, 0.05) is 43.4 Å². The van der Waals surface area contributed by atoms with Crippen LogP contribution in [0.4, 0.5) is 0 Å². The molecule has 1 aromatic heterocycles. The SMILES string of the molecule is CC(=O)NC(CCCCn1ccc(SCC(NC(C)=O)C(=O)O)c1)C(=O)O. The van der Waals surface area contributed by atoms with Crippen molar-refractivity contribution in [1.82, 2.24) is 15.2 Å². The number of hydrogen-bond acceptors (Lipinski definition) is 5. The highest BCUT2D eigenvalue weighted by atomic mass is 32.2. The molecule has 0 aliphatic rings. The number of nitrogens with zero attached hydrogens (tertiary/aromatic N) is 1. The molecule has 0 fully saturated rings. The molecule has 2 atom stereocenters. The third kappa shape index (κ3) is 9.13. The molecule has 1 heterocycles. The molecule has 150 valence electrons. The van der Waals surface area contributed by atoms with Gasteiger partial charge in [-0.2, -0.15) is 0 Å². The number of carboxylic acid groups (broad SMARTS) is 2. The Bertz CT molecular complexity index is 675. The zero-order valence-electron chi connectivity index (χ0n) is 15.3. The summed E-state index contributed by atoms with van der Waals surface area (Å²) in [4.78, 5) is 45.0. The summed E-state index contributed by atoms with van der Waals surface area (Å²) in [6.07, 6.45) is 5.47. The van der Waals surface area contributed by atoms with Crippen molar-refractivity contribution in [2.24, 2.45) is 0 Å². The summed E-state index contributed by atoms with van der Waals surface area (Å²) in [5, 5.41) is 22.9. The lowest BCUT2D eigenvalue weighted by molar-refractivity contribution is -0.141. The van der Waals surface area contributed by atoms with Crippen molar-refractivity contribution in [3.05, 3.63) is 18.5 Å². The summed E-state index contributed by atoms with van der Waals surface area (Å²) in [5.41, 5.74) is 0. The molecule has 10 heteroatoms. The van der Waals surface area contributed by atoms with Gasteiger partial charge in [0.25, 0.3) is 0 Å². The zero-order chi connectivity index (χ0) is 20.4. The fraction of sp³-hybridized carbons (Fsp3) is 0.529. The van der Waals surface area contributed by atoms with E-state index in [9.17, 15) is 19.2 Å². The van der Waals surface area contributed by atoms with Gasteiger partial charge in [-0.3, -0.25) is 9.59 Å². The van der Waals surface area contributed by atoms with Crippen LogP contribution in [0.2, 0.25) is 0 Å². The molecule has 0 aromatic carbocycles. The van der Waals surface area contributed by atoms with Crippen LogP contribution in [0.1, 0.15) is 33.1 Å². The van der Waals surface area contributed by atoms with E-state index in [-0.39, 0.29) is 17.6 Å². The van der Waals surface area contributed by atoms with Crippen molar-refractivity contribution < 1.29 is 29.4 Å². The molecular weight excluding hydrogens is 374 g/mol. The molecule has 1 rings (SSSR count). The van der Waals surface area contributed by atoms with Crippen molar-refractivity contribution in [2.45, 2.75) is 56.6 Å². The maximum atomic E-state index is 11.1. The van der Waals surface area contributed by atoms with Gasteiger partial charge >= 0.3 is 11.9 Å². The maximum Gasteiger partial charge on any atom is 0.327 e. The van der Waals surface area contributed by atoms with E-state index in [1.54, 1.807) is 0 Å². The summed E-state index contributed by atoms with van der Waals surface area (Å²) in [6, 6.07) is 0.0342. The van der Waals surface area contributed by atoms with E-state index in [4.69, 9.17) is 10.2 Å². The van der Waals surface area contributed by atoms with Gasteiger partial charge in [0.05, 0.1) is 0 Å². The van der Waals surface area contributed by atoms with Gasteiger partial charge in [0.15, 0.2) is 0 Å². The monoisotopic (exact) mass is 399 g/mol. The Kier molecular flexibility index (Phi) is 9.41. The van der Waals surface area contributed by atoms with E-state index >= 15 is 0 Å². The molecule has 0 aliphatic heterocycles. The Labute approximate surface area is 161 Å². The number of thioether (sulfide) groups is 1. The molecule has 0 saturated heterocycles. The number of aliphatic carboxylic acids is 2. The molecule has 9 nitrogen and oxygen atoms in total. The Hall–Kier alpha value is -2.49. The average molecular weight is 399 g/mol. The van der Waals surface area contributed by atoms with Crippen LogP contribution in [0.15, 0.2) is 23.4 Å². The van der Waals surface area contributed by atoms with Crippen LogP contribution in [0.25, 0.3) is 0 Å². The maximum absolute atomic E-state index is 11.1. The van der Waals surface area contributed by atoms with Crippen molar-refractivity contribution in [1.29, 1.82) is 0 Å². The summed E-state index contributed by atoms with van der Waals surface area (Å²) >= 11 is 1.33. The Morgan fingerprint density at radius 1 is 1.04 bits per heavy atom. The number of aryl methyl sites for hydroxylation is 1. The van der Waals surface area contributed by atoms with E-state index in [1.807, 2.05) is 23.0 Å². The van der Waals surface area contributed by atoms with Crippen molar-refractivity contribution >= 4 is 35.5 Å². The molecule has 2 amide bonds. The Morgan fingerprint density at radius 2 is 1.63 bits per heavy atom. The van der Waals surface area contributed by atoms with Gasteiger partial charge in [-0.15, -0.1) is 11.8 Å². The predicted octanol–water partition coefficient (Wildman–Crippen LogP) is 0.929. The summed E-state index contributed by atoms with van der Waals surface area (Å²) in [7, 11) is 0. The van der Waals surface area contributed by atoms with Gasteiger partial charge in [0.2, 0.25) is 11.8 Å². The minimum Gasteiger partial charge on any atom is -0.480 e. The third-order valence-electron chi connectivity index (χ3n) is 3.65. The predicted molar refractivity (Wildman–Crippen MR) is 99.5 cm³/mol. The highest BCUT2D eigenvalue weighted by Crippen LogP contribution is 2.20. The van der Waals surface area contributed by atoms with E-state index in [0.29, 0.717) is 19.4 Å². The van der Waals surface area contributed by atoms with Gasteiger partial charge < -0.3 is 25.4 Å².